The first kappa shape index (κ1) is 21.3. The van der Waals surface area contributed by atoms with Crippen LogP contribution in [0.5, 0.6) is 0 Å². The SMILES string of the molecule is COCCCNC(=O)c1ccc(-n2c(-c3ccc(F)cc3)cc3c2CCCCC3)cc1. The molecule has 5 heteroatoms. The van der Waals surface area contributed by atoms with Crippen molar-refractivity contribution in [2.45, 2.75) is 38.5 Å². The third-order valence-corrected chi connectivity index (χ3v) is 5.89. The van der Waals surface area contributed by atoms with E-state index in [1.807, 2.05) is 36.4 Å². The summed E-state index contributed by atoms with van der Waals surface area (Å²) in [7, 11) is 1.66. The predicted molar refractivity (Wildman–Crippen MR) is 121 cm³/mol. The highest BCUT2D eigenvalue weighted by Gasteiger charge is 2.19. The van der Waals surface area contributed by atoms with Gasteiger partial charge in [-0.1, -0.05) is 6.42 Å². The number of rotatable bonds is 7. The number of aromatic nitrogens is 1. The first-order valence-corrected chi connectivity index (χ1v) is 11.0. The molecule has 3 aromatic rings. The summed E-state index contributed by atoms with van der Waals surface area (Å²) in [6.07, 6.45) is 6.49. The third-order valence-electron chi connectivity index (χ3n) is 5.89. The lowest BCUT2D eigenvalue weighted by atomic mass is 10.1. The molecular formula is C26H29FN2O2. The Morgan fingerprint density at radius 1 is 1.03 bits per heavy atom. The number of methoxy groups -OCH3 is 1. The van der Waals surface area contributed by atoms with E-state index in [1.54, 1.807) is 7.11 Å². The molecule has 0 saturated heterocycles. The highest BCUT2D eigenvalue weighted by molar-refractivity contribution is 5.94. The molecule has 0 saturated carbocycles. The van der Waals surface area contributed by atoms with Gasteiger partial charge in [0.15, 0.2) is 0 Å². The first-order chi connectivity index (χ1) is 15.2. The van der Waals surface area contributed by atoms with Gasteiger partial charge in [-0.25, -0.2) is 4.39 Å². The molecule has 0 unspecified atom stereocenters. The van der Waals surface area contributed by atoms with Crippen LogP contribution < -0.4 is 5.32 Å². The van der Waals surface area contributed by atoms with Crippen molar-refractivity contribution in [1.29, 1.82) is 0 Å². The number of hydrogen-bond acceptors (Lipinski definition) is 2. The molecule has 4 nitrogen and oxygen atoms in total. The minimum Gasteiger partial charge on any atom is -0.385 e. The fourth-order valence-electron chi connectivity index (χ4n) is 4.29. The maximum atomic E-state index is 13.5. The van der Waals surface area contributed by atoms with E-state index < -0.39 is 0 Å². The number of halogens is 1. The smallest absolute Gasteiger partial charge is 0.251 e. The summed E-state index contributed by atoms with van der Waals surface area (Å²) in [6.45, 7) is 1.22. The van der Waals surface area contributed by atoms with Crippen molar-refractivity contribution >= 4 is 5.91 Å². The zero-order valence-electron chi connectivity index (χ0n) is 18.0. The fraction of sp³-hybridized carbons (Fsp3) is 0.346. The molecule has 4 rings (SSSR count). The molecule has 0 aliphatic heterocycles. The molecule has 1 aromatic heterocycles. The van der Waals surface area contributed by atoms with Crippen LogP contribution >= 0.6 is 0 Å². The zero-order valence-corrected chi connectivity index (χ0v) is 18.0. The molecule has 1 amide bonds. The van der Waals surface area contributed by atoms with Crippen molar-refractivity contribution in [2.75, 3.05) is 20.3 Å². The standard InChI is InChI=1S/C26H29FN2O2/c1-31-17-5-16-28-26(30)20-10-14-23(15-11-20)29-24-7-4-2-3-6-21(24)18-25(29)19-8-12-22(27)13-9-19/h8-15,18H,2-7,16-17H2,1H3,(H,28,30). The van der Waals surface area contributed by atoms with Gasteiger partial charge >= 0.3 is 0 Å². The lowest BCUT2D eigenvalue weighted by Gasteiger charge is -2.15. The van der Waals surface area contributed by atoms with Gasteiger partial charge in [-0.2, -0.15) is 0 Å². The van der Waals surface area contributed by atoms with Gasteiger partial charge in [0.2, 0.25) is 0 Å². The molecule has 0 spiro atoms. The Hall–Kier alpha value is -2.92. The van der Waals surface area contributed by atoms with Crippen LogP contribution in [0.3, 0.4) is 0 Å². The Labute approximate surface area is 183 Å². The molecule has 2 aromatic carbocycles. The maximum absolute atomic E-state index is 13.5. The topological polar surface area (TPSA) is 43.3 Å². The minimum absolute atomic E-state index is 0.0762. The molecule has 1 aliphatic rings. The van der Waals surface area contributed by atoms with E-state index in [2.05, 4.69) is 16.0 Å². The van der Waals surface area contributed by atoms with Gasteiger partial charge in [0.25, 0.3) is 5.91 Å². The highest BCUT2D eigenvalue weighted by Crippen LogP contribution is 2.33. The summed E-state index contributed by atoms with van der Waals surface area (Å²) in [6, 6.07) is 16.7. The Morgan fingerprint density at radius 2 is 1.77 bits per heavy atom. The van der Waals surface area contributed by atoms with E-state index >= 15 is 0 Å². The van der Waals surface area contributed by atoms with Gasteiger partial charge < -0.3 is 14.6 Å². The van der Waals surface area contributed by atoms with Gasteiger partial charge in [-0.3, -0.25) is 4.79 Å². The first-order valence-electron chi connectivity index (χ1n) is 11.0. The molecule has 162 valence electrons. The van der Waals surface area contributed by atoms with Crippen molar-refractivity contribution in [2.24, 2.45) is 0 Å². The number of amides is 1. The van der Waals surface area contributed by atoms with Crippen molar-refractivity contribution in [1.82, 2.24) is 9.88 Å². The highest BCUT2D eigenvalue weighted by atomic mass is 19.1. The Morgan fingerprint density at radius 3 is 2.52 bits per heavy atom. The van der Waals surface area contributed by atoms with E-state index in [0.717, 1.165) is 36.2 Å². The molecule has 0 fully saturated rings. The summed E-state index contributed by atoms with van der Waals surface area (Å²) in [4.78, 5) is 12.4. The van der Waals surface area contributed by atoms with Crippen molar-refractivity contribution in [3.63, 3.8) is 0 Å². The van der Waals surface area contributed by atoms with E-state index in [1.165, 1.54) is 42.7 Å². The number of aryl methyl sites for hydroxylation is 1. The van der Waals surface area contributed by atoms with Crippen LogP contribution in [0.4, 0.5) is 4.39 Å². The second kappa shape index (κ2) is 9.92. The van der Waals surface area contributed by atoms with Gasteiger partial charge in [-0.05, 0) is 97.8 Å². The summed E-state index contributed by atoms with van der Waals surface area (Å²) in [5.41, 5.74) is 6.43. The van der Waals surface area contributed by atoms with E-state index in [0.29, 0.717) is 18.7 Å². The number of ether oxygens (including phenoxy) is 1. The number of hydrogen-bond donors (Lipinski definition) is 1. The normalized spacial score (nSPS) is 13.5. The van der Waals surface area contributed by atoms with E-state index in [-0.39, 0.29) is 11.7 Å². The van der Waals surface area contributed by atoms with Crippen LogP contribution in [-0.4, -0.2) is 30.7 Å². The number of carbonyl (C=O) groups is 1. The zero-order chi connectivity index (χ0) is 21.6. The van der Waals surface area contributed by atoms with E-state index in [9.17, 15) is 9.18 Å². The van der Waals surface area contributed by atoms with Gasteiger partial charge in [0.1, 0.15) is 5.82 Å². The maximum Gasteiger partial charge on any atom is 0.251 e. The van der Waals surface area contributed by atoms with Crippen LogP contribution in [0.1, 0.15) is 47.3 Å². The lowest BCUT2D eigenvalue weighted by molar-refractivity contribution is 0.0948. The molecule has 0 bridgehead atoms. The molecule has 0 radical (unpaired) electrons. The van der Waals surface area contributed by atoms with Crippen LogP contribution in [0.25, 0.3) is 16.9 Å². The largest absolute Gasteiger partial charge is 0.385 e. The second-order valence-corrected chi connectivity index (χ2v) is 8.05. The summed E-state index contributed by atoms with van der Waals surface area (Å²) in [5, 5.41) is 2.93. The predicted octanol–water partition coefficient (Wildman–Crippen LogP) is 5.32. The second-order valence-electron chi connectivity index (χ2n) is 8.05. The van der Waals surface area contributed by atoms with Gasteiger partial charge in [0.05, 0.1) is 5.69 Å². The van der Waals surface area contributed by atoms with Crippen LogP contribution in [0.2, 0.25) is 0 Å². The molecule has 0 atom stereocenters. The number of nitrogens with one attached hydrogen (secondary N) is 1. The average molecular weight is 421 g/mol. The monoisotopic (exact) mass is 420 g/mol. The summed E-state index contributed by atoms with van der Waals surface area (Å²) < 4.78 is 20.8. The Kier molecular flexibility index (Phi) is 6.82. The summed E-state index contributed by atoms with van der Waals surface area (Å²) in [5.74, 6) is -0.308. The molecule has 31 heavy (non-hydrogen) atoms. The van der Waals surface area contributed by atoms with Crippen molar-refractivity contribution < 1.29 is 13.9 Å². The molecule has 1 N–H and O–H groups in total. The minimum atomic E-state index is -0.232. The van der Waals surface area contributed by atoms with Crippen molar-refractivity contribution in [3.8, 4) is 16.9 Å². The summed E-state index contributed by atoms with van der Waals surface area (Å²) >= 11 is 0. The fourth-order valence-corrected chi connectivity index (χ4v) is 4.29. The Bertz CT molecular complexity index is 1020. The van der Waals surface area contributed by atoms with E-state index in [4.69, 9.17) is 4.74 Å². The number of carbonyl (C=O) groups excluding carboxylic acids is 1. The van der Waals surface area contributed by atoms with Gasteiger partial charge in [-0.15, -0.1) is 0 Å². The Balaban J connectivity index is 1.65. The number of fused-ring (bicyclic) bond motifs is 1. The molecular weight excluding hydrogens is 391 g/mol. The molecule has 1 heterocycles. The average Bonchev–Trinajstić information content (AvgIpc) is 2.99. The van der Waals surface area contributed by atoms with Crippen LogP contribution in [0, 0.1) is 5.82 Å². The number of nitrogens with zero attached hydrogens (tertiary/aromatic N) is 1. The lowest BCUT2D eigenvalue weighted by Crippen LogP contribution is -2.25. The van der Waals surface area contributed by atoms with Crippen molar-refractivity contribution in [3.05, 3.63) is 77.2 Å². The third kappa shape index (κ3) is 4.88. The quantitative estimate of drug-likeness (QED) is 0.415. The van der Waals surface area contributed by atoms with Crippen LogP contribution in [0.15, 0.2) is 54.6 Å². The number of benzene rings is 2. The van der Waals surface area contributed by atoms with Gasteiger partial charge in [0, 0.05) is 37.2 Å². The van der Waals surface area contributed by atoms with Crippen LogP contribution in [-0.2, 0) is 17.6 Å². The molecule has 1 aliphatic carbocycles.